The highest BCUT2D eigenvalue weighted by molar-refractivity contribution is 4.96. The van der Waals surface area contributed by atoms with Crippen LogP contribution in [0.5, 0.6) is 12.2 Å². The van der Waals surface area contributed by atoms with Crippen molar-refractivity contribution in [3.63, 3.8) is 0 Å². The normalized spacial score (nSPS) is 9.82. The molecule has 2 heterocycles. The monoisotopic (exact) mass is 152 g/mol. The smallest absolute Gasteiger partial charge is 0.402 e. The van der Waals surface area contributed by atoms with E-state index >= 15 is 0 Å². The number of oxazole rings is 2. The molecule has 0 amide bonds. The fourth-order valence-corrected chi connectivity index (χ4v) is 0.596. The highest BCUT2D eigenvalue weighted by atomic mass is 16.7. The minimum absolute atomic E-state index is 0.118. The Morgan fingerprint density at radius 2 is 1.55 bits per heavy atom. The van der Waals surface area contributed by atoms with Gasteiger partial charge in [-0.3, -0.25) is 0 Å². The number of aromatic nitrogens is 2. The van der Waals surface area contributed by atoms with Crippen molar-refractivity contribution in [3.05, 3.63) is 24.9 Å². The van der Waals surface area contributed by atoms with Crippen molar-refractivity contribution in [1.82, 2.24) is 9.97 Å². The van der Waals surface area contributed by atoms with Crippen LogP contribution in [-0.2, 0) is 0 Å². The molecule has 0 N–H and O–H groups in total. The number of rotatable bonds is 2. The summed E-state index contributed by atoms with van der Waals surface area (Å²) in [5.74, 6) is 0. The predicted octanol–water partition coefficient (Wildman–Crippen LogP) is 1.45. The van der Waals surface area contributed by atoms with Gasteiger partial charge in [-0.1, -0.05) is 0 Å². The molecule has 0 spiro atoms. The second-order valence-corrected chi connectivity index (χ2v) is 1.70. The third-order valence-corrected chi connectivity index (χ3v) is 0.994. The van der Waals surface area contributed by atoms with E-state index in [-0.39, 0.29) is 12.2 Å². The minimum Gasteiger partial charge on any atom is -0.417 e. The first kappa shape index (κ1) is 5.96. The first-order chi connectivity index (χ1) is 5.45. The van der Waals surface area contributed by atoms with Gasteiger partial charge < -0.3 is 13.6 Å². The van der Waals surface area contributed by atoms with E-state index in [1.807, 2.05) is 0 Å². The molecule has 0 atom stereocenters. The van der Waals surface area contributed by atoms with Crippen LogP contribution in [0.15, 0.2) is 33.8 Å². The Hall–Kier alpha value is -1.78. The Kier molecular flexibility index (Phi) is 1.33. The maximum atomic E-state index is 4.90. The van der Waals surface area contributed by atoms with Gasteiger partial charge in [0.15, 0.2) is 0 Å². The average Bonchev–Trinajstić information content (AvgIpc) is 2.60. The van der Waals surface area contributed by atoms with Crippen LogP contribution in [0.3, 0.4) is 0 Å². The van der Waals surface area contributed by atoms with Gasteiger partial charge in [0.1, 0.15) is 12.5 Å². The van der Waals surface area contributed by atoms with E-state index in [2.05, 4.69) is 9.97 Å². The van der Waals surface area contributed by atoms with Gasteiger partial charge in [-0.2, -0.15) is 9.97 Å². The van der Waals surface area contributed by atoms with E-state index in [0.29, 0.717) is 0 Å². The molecule has 2 rings (SSSR count). The number of ether oxygens (including phenoxy) is 1. The van der Waals surface area contributed by atoms with Gasteiger partial charge in [0.2, 0.25) is 0 Å². The number of nitrogens with zero attached hydrogens (tertiary/aromatic N) is 2. The molecule has 0 bridgehead atoms. The Labute approximate surface area is 61.6 Å². The Balaban J connectivity index is 2.14. The molecule has 0 radical (unpaired) electrons. The Morgan fingerprint density at radius 1 is 1.00 bits per heavy atom. The van der Waals surface area contributed by atoms with Crippen LogP contribution in [0.4, 0.5) is 0 Å². The molecule has 0 aromatic carbocycles. The quantitative estimate of drug-likeness (QED) is 0.651. The molecular formula is C6H4N2O3. The maximum absolute atomic E-state index is 4.90. The Morgan fingerprint density at radius 3 is 1.91 bits per heavy atom. The molecule has 0 saturated carbocycles. The van der Waals surface area contributed by atoms with Crippen LogP contribution in [0.25, 0.3) is 0 Å². The Bertz CT molecular complexity index is 268. The second-order valence-electron chi connectivity index (χ2n) is 1.70. The van der Waals surface area contributed by atoms with Gasteiger partial charge in [-0.25, -0.2) is 0 Å². The van der Waals surface area contributed by atoms with Crippen molar-refractivity contribution in [3.8, 4) is 12.2 Å². The van der Waals surface area contributed by atoms with Crippen LogP contribution in [-0.4, -0.2) is 9.97 Å². The van der Waals surface area contributed by atoms with Gasteiger partial charge >= 0.3 is 12.2 Å². The van der Waals surface area contributed by atoms with Gasteiger partial charge in [0.25, 0.3) is 0 Å². The van der Waals surface area contributed by atoms with Crippen LogP contribution < -0.4 is 4.74 Å². The van der Waals surface area contributed by atoms with Crippen LogP contribution in [0, 0.1) is 0 Å². The second kappa shape index (κ2) is 2.45. The van der Waals surface area contributed by atoms with E-state index in [1.165, 1.54) is 24.9 Å². The van der Waals surface area contributed by atoms with Gasteiger partial charge in [0, 0.05) is 0 Å². The molecule has 5 heteroatoms. The largest absolute Gasteiger partial charge is 0.417 e. The molecule has 0 aliphatic carbocycles. The molecule has 2 aromatic rings. The molecule has 5 nitrogen and oxygen atoms in total. The number of hydrogen-bond acceptors (Lipinski definition) is 5. The molecule has 0 fully saturated rings. The molecule has 0 aliphatic heterocycles. The summed E-state index contributed by atoms with van der Waals surface area (Å²) in [6.07, 6.45) is 5.98. The number of hydrogen-bond donors (Lipinski definition) is 0. The van der Waals surface area contributed by atoms with E-state index in [0.717, 1.165) is 0 Å². The van der Waals surface area contributed by atoms with Crippen LogP contribution >= 0.6 is 0 Å². The highest BCUT2D eigenvalue weighted by Gasteiger charge is 2.03. The summed E-state index contributed by atoms with van der Waals surface area (Å²) in [4.78, 5) is 7.40. The standard InChI is InChI=1S/C6H4N2O3/c1-3-9-5(7-1)11-6-8-2-4-10-6/h1-4H. The third kappa shape index (κ3) is 1.21. The lowest BCUT2D eigenvalue weighted by Crippen LogP contribution is -1.81. The summed E-state index contributed by atoms with van der Waals surface area (Å²) >= 11 is 0. The predicted molar refractivity (Wildman–Crippen MR) is 33.1 cm³/mol. The molecular weight excluding hydrogens is 148 g/mol. The van der Waals surface area contributed by atoms with E-state index in [9.17, 15) is 0 Å². The maximum Gasteiger partial charge on any atom is 0.402 e. The van der Waals surface area contributed by atoms with Gasteiger partial charge in [-0.05, 0) is 0 Å². The van der Waals surface area contributed by atoms with Crippen LogP contribution in [0.1, 0.15) is 0 Å². The summed E-state index contributed by atoms with van der Waals surface area (Å²) in [7, 11) is 0. The fraction of sp³-hybridized carbons (Fsp3) is 0. The van der Waals surface area contributed by atoms with Crippen molar-refractivity contribution in [2.24, 2.45) is 0 Å². The zero-order valence-corrected chi connectivity index (χ0v) is 5.43. The van der Waals surface area contributed by atoms with Crippen LogP contribution in [0.2, 0.25) is 0 Å². The lowest BCUT2D eigenvalue weighted by atomic mass is 11.0. The lowest BCUT2D eigenvalue weighted by molar-refractivity contribution is 0.257. The average molecular weight is 152 g/mol. The fourth-order valence-electron chi connectivity index (χ4n) is 0.596. The zero-order chi connectivity index (χ0) is 7.52. The SMILES string of the molecule is c1coc(Oc2ncco2)n1. The summed E-state index contributed by atoms with van der Waals surface area (Å²) in [6, 6.07) is 0. The summed E-state index contributed by atoms with van der Waals surface area (Å²) in [5, 5.41) is 0. The molecule has 0 aliphatic rings. The van der Waals surface area contributed by atoms with Gasteiger partial charge in [-0.15, -0.1) is 0 Å². The zero-order valence-electron chi connectivity index (χ0n) is 5.43. The van der Waals surface area contributed by atoms with E-state index in [1.54, 1.807) is 0 Å². The highest BCUT2D eigenvalue weighted by Crippen LogP contribution is 2.15. The van der Waals surface area contributed by atoms with E-state index < -0.39 is 0 Å². The third-order valence-electron chi connectivity index (χ3n) is 0.994. The molecule has 0 unspecified atom stereocenters. The summed E-state index contributed by atoms with van der Waals surface area (Å²) < 4.78 is 14.4. The van der Waals surface area contributed by atoms with Crippen molar-refractivity contribution in [2.75, 3.05) is 0 Å². The molecule has 2 aromatic heterocycles. The van der Waals surface area contributed by atoms with Crippen molar-refractivity contribution in [1.29, 1.82) is 0 Å². The molecule has 0 saturated heterocycles. The first-order valence-electron chi connectivity index (χ1n) is 2.92. The van der Waals surface area contributed by atoms with Gasteiger partial charge in [0.05, 0.1) is 12.4 Å². The minimum atomic E-state index is 0.118. The molecule has 56 valence electrons. The summed E-state index contributed by atoms with van der Waals surface area (Å²) in [6.45, 7) is 0. The van der Waals surface area contributed by atoms with Crippen molar-refractivity contribution < 1.29 is 13.6 Å². The lowest BCUT2D eigenvalue weighted by Gasteiger charge is -1.89. The first-order valence-corrected chi connectivity index (χ1v) is 2.92. The van der Waals surface area contributed by atoms with E-state index in [4.69, 9.17) is 13.6 Å². The topological polar surface area (TPSA) is 61.3 Å². The van der Waals surface area contributed by atoms with Crippen molar-refractivity contribution >= 4 is 0 Å². The molecule has 11 heavy (non-hydrogen) atoms. The summed E-state index contributed by atoms with van der Waals surface area (Å²) in [5.41, 5.74) is 0. The van der Waals surface area contributed by atoms with Crippen molar-refractivity contribution in [2.45, 2.75) is 0 Å².